The number of carbonyl (C=O) groups is 2. The van der Waals surface area contributed by atoms with Crippen LogP contribution in [0.3, 0.4) is 0 Å². The van der Waals surface area contributed by atoms with Crippen molar-refractivity contribution in [3.8, 4) is 0 Å². The Morgan fingerprint density at radius 1 is 1.04 bits per heavy atom. The van der Waals surface area contributed by atoms with Gasteiger partial charge in [0.15, 0.2) is 5.79 Å². The van der Waals surface area contributed by atoms with Gasteiger partial charge in [0.2, 0.25) is 11.8 Å². The summed E-state index contributed by atoms with van der Waals surface area (Å²) in [5.74, 6) is -2.80. The molecule has 0 unspecified atom stereocenters. The minimum Gasteiger partial charge on any atom is -0.364 e. The van der Waals surface area contributed by atoms with Crippen molar-refractivity contribution < 1.29 is 19.8 Å². The molecule has 0 aliphatic carbocycles. The molecule has 0 aliphatic heterocycles. The van der Waals surface area contributed by atoms with E-state index < -0.39 is 35.7 Å². The summed E-state index contributed by atoms with van der Waals surface area (Å²) in [5.41, 5.74) is 11.3. The number of aliphatic hydroxyl groups is 2. The molecule has 0 fully saturated rings. The summed E-state index contributed by atoms with van der Waals surface area (Å²) >= 11 is 0. The molecule has 0 saturated carbocycles. The average molecular weight is 375 g/mol. The Morgan fingerprint density at radius 2 is 1.62 bits per heavy atom. The predicted octanol–water partition coefficient (Wildman–Crippen LogP) is -0.185. The van der Waals surface area contributed by atoms with Crippen LogP contribution in [-0.2, 0) is 9.59 Å². The molecule has 0 aromatic rings. The second-order valence-electron chi connectivity index (χ2n) is 7.90. The first-order chi connectivity index (χ1) is 11.9. The first-order valence-electron chi connectivity index (χ1n) is 9.41. The SMILES string of the molecule is CC(C)C[C@H](NC(=O)[C@H](N)C(C)C)C(=O)N[C@@H](CCCCN)C(C)(O)O. The van der Waals surface area contributed by atoms with Gasteiger partial charge < -0.3 is 32.3 Å². The Morgan fingerprint density at radius 3 is 2.04 bits per heavy atom. The highest BCUT2D eigenvalue weighted by Crippen LogP contribution is 2.14. The Kier molecular flexibility index (Phi) is 10.9. The first kappa shape index (κ1) is 24.8. The van der Waals surface area contributed by atoms with Gasteiger partial charge in [0.25, 0.3) is 0 Å². The topological polar surface area (TPSA) is 151 Å². The van der Waals surface area contributed by atoms with E-state index in [4.69, 9.17) is 11.5 Å². The standard InChI is InChI=1S/C18H38N4O4/c1-11(2)10-13(21-17(24)15(20)12(3)4)16(23)22-14(18(5,25)26)8-6-7-9-19/h11-15,25-26H,6-10,19-20H2,1-5H3,(H,21,24)(H,22,23)/t13-,14-,15+/m0/s1. The minimum atomic E-state index is -2.06. The van der Waals surface area contributed by atoms with Crippen LogP contribution < -0.4 is 22.1 Å². The van der Waals surface area contributed by atoms with E-state index in [-0.39, 0.29) is 11.8 Å². The van der Waals surface area contributed by atoms with E-state index in [2.05, 4.69) is 10.6 Å². The molecular formula is C18H38N4O4. The lowest BCUT2D eigenvalue weighted by Crippen LogP contribution is -2.58. The van der Waals surface area contributed by atoms with Crippen LogP contribution in [0.2, 0.25) is 0 Å². The second kappa shape index (κ2) is 11.5. The highest BCUT2D eigenvalue weighted by atomic mass is 16.5. The Bertz CT molecular complexity index is 435. The van der Waals surface area contributed by atoms with Crippen molar-refractivity contribution in [3.05, 3.63) is 0 Å². The number of nitrogens with one attached hydrogen (secondary N) is 2. The first-order valence-corrected chi connectivity index (χ1v) is 9.41. The van der Waals surface area contributed by atoms with Crippen molar-refractivity contribution in [2.24, 2.45) is 23.3 Å². The van der Waals surface area contributed by atoms with Gasteiger partial charge in [0, 0.05) is 0 Å². The summed E-state index contributed by atoms with van der Waals surface area (Å²) in [7, 11) is 0. The fourth-order valence-electron chi connectivity index (χ4n) is 2.52. The molecule has 154 valence electrons. The minimum absolute atomic E-state index is 0.0556. The van der Waals surface area contributed by atoms with E-state index in [1.807, 2.05) is 27.7 Å². The van der Waals surface area contributed by atoms with Gasteiger partial charge in [-0.3, -0.25) is 9.59 Å². The van der Waals surface area contributed by atoms with E-state index in [0.29, 0.717) is 25.8 Å². The third-order valence-corrected chi connectivity index (χ3v) is 4.28. The van der Waals surface area contributed by atoms with Gasteiger partial charge in [0.05, 0.1) is 12.1 Å². The van der Waals surface area contributed by atoms with Crippen LogP contribution in [0.1, 0.15) is 60.3 Å². The van der Waals surface area contributed by atoms with Gasteiger partial charge in [-0.05, 0) is 51.0 Å². The van der Waals surface area contributed by atoms with Crippen LogP contribution in [0.25, 0.3) is 0 Å². The molecule has 0 spiro atoms. The van der Waals surface area contributed by atoms with E-state index in [1.54, 1.807) is 0 Å². The van der Waals surface area contributed by atoms with Crippen LogP contribution in [0.15, 0.2) is 0 Å². The molecule has 8 nitrogen and oxygen atoms in total. The second-order valence-corrected chi connectivity index (χ2v) is 7.90. The molecule has 0 rings (SSSR count). The maximum Gasteiger partial charge on any atom is 0.242 e. The van der Waals surface area contributed by atoms with Gasteiger partial charge in [-0.2, -0.15) is 0 Å². The highest BCUT2D eigenvalue weighted by molar-refractivity contribution is 5.89. The fourth-order valence-corrected chi connectivity index (χ4v) is 2.52. The molecule has 8 N–H and O–H groups in total. The quantitative estimate of drug-likeness (QED) is 0.206. The molecule has 0 bridgehead atoms. The highest BCUT2D eigenvalue weighted by Gasteiger charge is 2.33. The molecular weight excluding hydrogens is 336 g/mol. The van der Waals surface area contributed by atoms with E-state index >= 15 is 0 Å². The molecule has 0 aromatic carbocycles. The summed E-state index contributed by atoms with van der Waals surface area (Å²) in [6.45, 7) is 9.26. The summed E-state index contributed by atoms with van der Waals surface area (Å²) in [5, 5.41) is 25.2. The van der Waals surface area contributed by atoms with E-state index in [9.17, 15) is 19.8 Å². The fraction of sp³-hybridized carbons (Fsp3) is 0.889. The summed E-state index contributed by atoms with van der Waals surface area (Å²) in [6, 6.07) is -2.35. The summed E-state index contributed by atoms with van der Waals surface area (Å²) in [4.78, 5) is 24.9. The van der Waals surface area contributed by atoms with Gasteiger partial charge >= 0.3 is 0 Å². The number of unbranched alkanes of at least 4 members (excludes halogenated alkanes) is 1. The molecule has 2 amide bonds. The lowest BCUT2D eigenvalue weighted by Gasteiger charge is -2.31. The largest absolute Gasteiger partial charge is 0.364 e. The summed E-state index contributed by atoms with van der Waals surface area (Å²) in [6.07, 6.45) is 2.17. The van der Waals surface area contributed by atoms with Crippen LogP contribution in [0.5, 0.6) is 0 Å². The number of nitrogens with two attached hydrogens (primary N) is 2. The maximum atomic E-state index is 12.7. The monoisotopic (exact) mass is 374 g/mol. The van der Waals surface area contributed by atoms with Crippen molar-refractivity contribution in [3.63, 3.8) is 0 Å². The Balaban J connectivity index is 5.10. The lowest BCUT2D eigenvalue weighted by molar-refractivity contribution is -0.173. The zero-order valence-corrected chi connectivity index (χ0v) is 16.8. The number of hydrogen-bond acceptors (Lipinski definition) is 6. The van der Waals surface area contributed by atoms with Crippen molar-refractivity contribution in [1.82, 2.24) is 10.6 Å². The molecule has 0 saturated heterocycles. The van der Waals surface area contributed by atoms with Crippen molar-refractivity contribution in [2.75, 3.05) is 6.54 Å². The lowest BCUT2D eigenvalue weighted by atomic mass is 9.98. The Hall–Kier alpha value is -1.22. The normalized spacial score (nSPS) is 15.7. The van der Waals surface area contributed by atoms with Crippen molar-refractivity contribution in [2.45, 2.75) is 84.2 Å². The van der Waals surface area contributed by atoms with Crippen molar-refractivity contribution in [1.29, 1.82) is 0 Å². The molecule has 3 atom stereocenters. The van der Waals surface area contributed by atoms with Gasteiger partial charge in [0.1, 0.15) is 6.04 Å². The maximum absolute atomic E-state index is 12.7. The predicted molar refractivity (Wildman–Crippen MR) is 102 cm³/mol. The molecule has 0 heterocycles. The summed E-state index contributed by atoms with van der Waals surface area (Å²) < 4.78 is 0. The van der Waals surface area contributed by atoms with Crippen LogP contribution >= 0.6 is 0 Å². The van der Waals surface area contributed by atoms with Gasteiger partial charge in [-0.15, -0.1) is 0 Å². The van der Waals surface area contributed by atoms with Crippen LogP contribution in [0, 0.1) is 11.8 Å². The smallest absolute Gasteiger partial charge is 0.242 e. The zero-order valence-electron chi connectivity index (χ0n) is 16.8. The molecule has 0 radical (unpaired) electrons. The molecule has 0 aromatic heterocycles. The van der Waals surface area contributed by atoms with E-state index in [1.165, 1.54) is 6.92 Å². The zero-order chi connectivity index (χ0) is 20.5. The molecule has 0 aliphatic rings. The Labute approximate surface area is 157 Å². The van der Waals surface area contributed by atoms with Crippen molar-refractivity contribution >= 4 is 11.8 Å². The third-order valence-electron chi connectivity index (χ3n) is 4.28. The molecule has 8 heteroatoms. The van der Waals surface area contributed by atoms with Gasteiger partial charge in [-0.25, -0.2) is 0 Å². The third kappa shape index (κ3) is 9.47. The van der Waals surface area contributed by atoms with Gasteiger partial charge in [-0.1, -0.05) is 27.7 Å². The van der Waals surface area contributed by atoms with Crippen LogP contribution in [0.4, 0.5) is 0 Å². The number of carbonyl (C=O) groups excluding carboxylic acids is 2. The van der Waals surface area contributed by atoms with Crippen LogP contribution in [-0.4, -0.2) is 52.5 Å². The number of amides is 2. The van der Waals surface area contributed by atoms with E-state index in [0.717, 1.165) is 6.42 Å². The average Bonchev–Trinajstić information content (AvgIpc) is 2.50. The number of rotatable bonds is 12. The molecule has 26 heavy (non-hydrogen) atoms. The number of hydrogen-bond donors (Lipinski definition) is 6.